The van der Waals surface area contributed by atoms with Crippen LogP contribution in [-0.4, -0.2) is 61.8 Å². The van der Waals surface area contributed by atoms with Crippen LogP contribution in [0, 0.1) is 0 Å². The number of hydrogen-bond acceptors (Lipinski definition) is 5. The first-order chi connectivity index (χ1) is 15.6. The van der Waals surface area contributed by atoms with Crippen LogP contribution in [0.5, 0.6) is 5.75 Å². The van der Waals surface area contributed by atoms with Crippen molar-refractivity contribution in [3.8, 4) is 5.75 Å². The van der Waals surface area contributed by atoms with Crippen LogP contribution in [0.25, 0.3) is 10.9 Å². The van der Waals surface area contributed by atoms with Gasteiger partial charge in [0, 0.05) is 50.2 Å². The number of hydrogen-bond donors (Lipinski definition) is 2. The summed E-state index contributed by atoms with van der Waals surface area (Å²) >= 11 is 0. The molecule has 0 radical (unpaired) electrons. The highest BCUT2D eigenvalue weighted by Gasteiger charge is 2.19. The van der Waals surface area contributed by atoms with Crippen molar-refractivity contribution in [3.05, 3.63) is 64.5 Å². The van der Waals surface area contributed by atoms with Gasteiger partial charge in [0.2, 0.25) is 0 Å². The standard InChI is InChI=1S/C25H34N4O3/c1-4-5-6-7-12-27-19-10-13-28(14-11-19)15-16-29-23-17-20(32-3)8-9-21(23)22(18-24(29)30)25(31)26-2/h4-9,17-19,27H,10-16H2,1-3H3,(H,26,31)/b5-4+,7-6+. The van der Waals surface area contributed by atoms with Crippen LogP contribution in [0.1, 0.15) is 30.1 Å². The first-order valence-corrected chi connectivity index (χ1v) is 11.2. The fourth-order valence-electron chi connectivity index (χ4n) is 4.14. The molecule has 7 heteroatoms. The average molecular weight is 439 g/mol. The lowest BCUT2D eigenvalue weighted by Crippen LogP contribution is -2.44. The van der Waals surface area contributed by atoms with Crippen molar-refractivity contribution < 1.29 is 9.53 Å². The lowest BCUT2D eigenvalue weighted by Gasteiger charge is -2.32. The second-order valence-corrected chi connectivity index (χ2v) is 7.99. The first kappa shape index (κ1) is 23.8. The predicted octanol–water partition coefficient (Wildman–Crippen LogP) is 2.56. The van der Waals surface area contributed by atoms with Gasteiger partial charge in [0.15, 0.2) is 0 Å². The monoisotopic (exact) mass is 438 g/mol. The quantitative estimate of drug-likeness (QED) is 0.589. The largest absolute Gasteiger partial charge is 0.497 e. The SMILES string of the molecule is C/C=C/C=C/CNC1CCN(CCn2c(=O)cc(C(=O)NC)c3ccc(OC)cc32)CC1. The Morgan fingerprint density at radius 1 is 1.19 bits per heavy atom. The van der Waals surface area contributed by atoms with Gasteiger partial charge in [0.25, 0.3) is 11.5 Å². The van der Waals surface area contributed by atoms with Crippen molar-refractivity contribution in [1.29, 1.82) is 0 Å². The molecule has 1 aromatic heterocycles. The zero-order valence-electron chi connectivity index (χ0n) is 19.3. The van der Waals surface area contributed by atoms with Crippen molar-refractivity contribution in [2.24, 2.45) is 0 Å². The van der Waals surface area contributed by atoms with Gasteiger partial charge in [0.05, 0.1) is 18.2 Å². The third kappa shape index (κ3) is 5.87. The van der Waals surface area contributed by atoms with Gasteiger partial charge in [-0.2, -0.15) is 0 Å². The number of fused-ring (bicyclic) bond motifs is 1. The van der Waals surface area contributed by atoms with Crippen molar-refractivity contribution in [2.75, 3.05) is 40.3 Å². The molecular weight excluding hydrogens is 404 g/mol. The number of benzene rings is 1. The highest BCUT2D eigenvalue weighted by Crippen LogP contribution is 2.23. The lowest BCUT2D eigenvalue weighted by atomic mass is 10.0. The molecule has 1 aliphatic heterocycles. The van der Waals surface area contributed by atoms with E-state index >= 15 is 0 Å². The number of piperidine rings is 1. The molecule has 0 aliphatic carbocycles. The molecule has 1 fully saturated rings. The first-order valence-electron chi connectivity index (χ1n) is 11.2. The summed E-state index contributed by atoms with van der Waals surface area (Å²) in [5.41, 5.74) is 0.940. The molecule has 0 atom stereocenters. The average Bonchev–Trinajstić information content (AvgIpc) is 2.82. The van der Waals surface area contributed by atoms with Gasteiger partial charge in [-0.25, -0.2) is 0 Å². The maximum Gasteiger partial charge on any atom is 0.251 e. The van der Waals surface area contributed by atoms with Gasteiger partial charge < -0.3 is 24.8 Å². The van der Waals surface area contributed by atoms with Gasteiger partial charge in [-0.3, -0.25) is 9.59 Å². The van der Waals surface area contributed by atoms with Gasteiger partial charge in [0.1, 0.15) is 5.75 Å². The van der Waals surface area contributed by atoms with Crippen molar-refractivity contribution in [1.82, 2.24) is 20.1 Å². The summed E-state index contributed by atoms with van der Waals surface area (Å²) in [6.07, 6.45) is 10.4. The summed E-state index contributed by atoms with van der Waals surface area (Å²) in [4.78, 5) is 27.6. The van der Waals surface area contributed by atoms with Crippen LogP contribution in [0.15, 0.2) is 53.4 Å². The number of amides is 1. The van der Waals surface area contributed by atoms with Crippen LogP contribution in [0.3, 0.4) is 0 Å². The maximum absolute atomic E-state index is 12.9. The number of allylic oxidation sites excluding steroid dienone is 3. The molecule has 1 aromatic carbocycles. The predicted molar refractivity (Wildman–Crippen MR) is 130 cm³/mol. The Morgan fingerprint density at radius 3 is 2.66 bits per heavy atom. The number of ether oxygens (including phenoxy) is 1. The third-order valence-electron chi connectivity index (χ3n) is 5.98. The summed E-state index contributed by atoms with van der Waals surface area (Å²) < 4.78 is 7.11. The van der Waals surface area contributed by atoms with E-state index in [0.29, 0.717) is 23.9 Å². The lowest BCUT2D eigenvalue weighted by molar-refractivity contribution is 0.0964. The van der Waals surface area contributed by atoms with E-state index in [-0.39, 0.29) is 11.5 Å². The zero-order chi connectivity index (χ0) is 22.9. The maximum atomic E-state index is 12.9. The number of carbonyl (C=O) groups excluding carboxylic acids is 1. The van der Waals surface area contributed by atoms with E-state index in [4.69, 9.17) is 4.74 Å². The number of aromatic nitrogens is 1. The van der Waals surface area contributed by atoms with Crippen molar-refractivity contribution >= 4 is 16.8 Å². The Balaban J connectivity index is 1.67. The number of carbonyl (C=O) groups is 1. The normalized spacial score (nSPS) is 15.7. The molecule has 3 rings (SSSR count). The van der Waals surface area contributed by atoms with Gasteiger partial charge >= 0.3 is 0 Å². The third-order valence-corrected chi connectivity index (χ3v) is 5.98. The molecule has 0 bridgehead atoms. The molecular formula is C25H34N4O3. The Kier molecular flexibility index (Phi) is 8.64. The Labute approximate surface area is 189 Å². The summed E-state index contributed by atoms with van der Waals surface area (Å²) in [5, 5.41) is 6.96. The molecule has 32 heavy (non-hydrogen) atoms. The molecule has 1 amide bonds. The summed E-state index contributed by atoms with van der Waals surface area (Å²) in [6.45, 7) is 6.26. The zero-order valence-corrected chi connectivity index (χ0v) is 19.3. The topological polar surface area (TPSA) is 75.6 Å². The van der Waals surface area contributed by atoms with E-state index in [2.05, 4.69) is 27.7 Å². The minimum Gasteiger partial charge on any atom is -0.497 e. The summed E-state index contributed by atoms with van der Waals surface area (Å²) in [7, 11) is 3.17. The Morgan fingerprint density at radius 2 is 1.97 bits per heavy atom. The fourth-order valence-corrected chi connectivity index (χ4v) is 4.14. The number of methoxy groups -OCH3 is 1. The molecule has 0 saturated carbocycles. The van der Waals surface area contributed by atoms with E-state index in [1.807, 2.05) is 37.3 Å². The molecule has 0 unspecified atom stereocenters. The van der Waals surface area contributed by atoms with Crippen LogP contribution in [0.4, 0.5) is 0 Å². The van der Waals surface area contributed by atoms with Crippen molar-refractivity contribution in [3.63, 3.8) is 0 Å². The van der Waals surface area contributed by atoms with Gasteiger partial charge in [-0.05, 0) is 45.0 Å². The molecule has 172 valence electrons. The second kappa shape index (κ2) is 11.6. The highest BCUT2D eigenvalue weighted by atomic mass is 16.5. The van der Waals surface area contributed by atoms with Crippen LogP contribution in [-0.2, 0) is 6.54 Å². The fraction of sp³-hybridized carbons (Fsp3) is 0.440. The molecule has 2 aromatic rings. The molecule has 0 spiro atoms. The molecule has 2 N–H and O–H groups in total. The second-order valence-electron chi connectivity index (χ2n) is 7.99. The Hall–Kier alpha value is -2.90. The number of rotatable bonds is 9. The van der Waals surface area contributed by atoms with E-state index in [1.165, 1.54) is 6.07 Å². The van der Waals surface area contributed by atoms with E-state index in [1.54, 1.807) is 18.7 Å². The number of pyridine rings is 1. The molecule has 1 aliphatic rings. The molecule has 1 saturated heterocycles. The van der Waals surface area contributed by atoms with E-state index in [9.17, 15) is 9.59 Å². The molecule has 7 nitrogen and oxygen atoms in total. The van der Waals surface area contributed by atoms with E-state index < -0.39 is 0 Å². The highest BCUT2D eigenvalue weighted by molar-refractivity contribution is 6.06. The minimum atomic E-state index is -0.264. The van der Waals surface area contributed by atoms with Gasteiger partial charge in [-0.1, -0.05) is 24.3 Å². The molecule has 2 heterocycles. The van der Waals surface area contributed by atoms with Crippen LogP contribution < -0.4 is 20.9 Å². The summed E-state index contributed by atoms with van der Waals surface area (Å²) in [5.74, 6) is 0.398. The van der Waals surface area contributed by atoms with Crippen molar-refractivity contribution in [2.45, 2.75) is 32.4 Å². The Bertz CT molecular complexity index is 1030. The number of nitrogens with zero attached hydrogens (tertiary/aromatic N) is 2. The van der Waals surface area contributed by atoms with Crippen LogP contribution in [0.2, 0.25) is 0 Å². The van der Waals surface area contributed by atoms with Gasteiger partial charge in [-0.15, -0.1) is 0 Å². The van der Waals surface area contributed by atoms with E-state index in [0.717, 1.165) is 49.9 Å². The number of nitrogens with one attached hydrogen (secondary N) is 2. The van der Waals surface area contributed by atoms with Crippen LogP contribution >= 0.6 is 0 Å². The number of likely N-dealkylation sites (tertiary alicyclic amines) is 1. The smallest absolute Gasteiger partial charge is 0.251 e. The minimum absolute atomic E-state index is 0.172. The summed E-state index contributed by atoms with van der Waals surface area (Å²) in [6, 6.07) is 7.46.